The maximum Gasteiger partial charge on any atom is 0.305 e. The third kappa shape index (κ3) is 2.88. The number of aliphatic carboxylic acids is 1. The Labute approximate surface area is 106 Å². The van der Waals surface area contributed by atoms with Crippen LogP contribution in [0.25, 0.3) is 0 Å². The van der Waals surface area contributed by atoms with E-state index in [0.29, 0.717) is 13.2 Å². The third-order valence-electron chi connectivity index (χ3n) is 3.40. The predicted molar refractivity (Wildman–Crippen MR) is 65.3 cm³/mol. The van der Waals surface area contributed by atoms with Gasteiger partial charge in [0, 0.05) is 30.4 Å². The number of aromatic amines is 1. The molecule has 2 rings (SSSR count). The Hall–Kier alpha value is -1.40. The number of aromatic nitrogens is 2. The molecule has 1 fully saturated rings. The van der Waals surface area contributed by atoms with E-state index in [0.717, 1.165) is 30.0 Å². The van der Waals surface area contributed by atoms with Gasteiger partial charge in [0.1, 0.15) is 0 Å². The van der Waals surface area contributed by atoms with Crippen LogP contribution in [0.4, 0.5) is 0 Å². The number of carboxylic acids is 1. The van der Waals surface area contributed by atoms with Crippen LogP contribution in [0.15, 0.2) is 0 Å². The first kappa shape index (κ1) is 13.0. The summed E-state index contributed by atoms with van der Waals surface area (Å²) >= 11 is 0. The molecule has 1 aromatic rings. The van der Waals surface area contributed by atoms with E-state index in [4.69, 9.17) is 9.84 Å². The Bertz CT molecular complexity index is 411. The lowest BCUT2D eigenvalue weighted by atomic mass is 10.1. The molecule has 0 bridgehead atoms. The molecule has 0 spiro atoms. The molecule has 0 aliphatic carbocycles. The second-order valence-electron chi connectivity index (χ2n) is 4.71. The van der Waals surface area contributed by atoms with Gasteiger partial charge in [-0.15, -0.1) is 0 Å². The molecule has 0 unspecified atom stereocenters. The number of hydrogen-bond donors (Lipinski definition) is 2. The minimum Gasteiger partial charge on any atom is -0.481 e. The molecule has 1 saturated heterocycles. The zero-order valence-electron chi connectivity index (χ0n) is 10.8. The van der Waals surface area contributed by atoms with Crippen molar-refractivity contribution in [3.63, 3.8) is 0 Å². The summed E-state index contributed by atoms with van der Waals surface area (Å²) in [6.07, 6.45) is 0.121. The van der Waals surface area contributed by atoms with Gasteiger partial charge in [0.25, 0.3) is 0 Å². The number of hydrogen-bond acceptors (Lipinski definition) is 4. The standard InChI is InChI=1S/C12H19N3O3/c1-8-11(9(2)14-13-8)6-15-3-4-18-7-10(15)5-12(16)17/h10H,3-7H2,1-2H3,(H,13,14)(H,16,17)/t10-/m1/s1. The van der Waals surface area contributed by atoms with Gasteiger partial charge in [-0.1, -0.05) is 0 Å². The van der Waals surface area contributed by atoms with E-state index in [1.54, 1.807) is 0 Å². The SMILES string of the molecule is Cc1n[nH]c(C)c1CN1CCOC[C@H]1CC(=O)O. The van der Waals surface area contributed by atoms with Gasteiger partial charge in [-0.25, -0.2) is 0 Å². The van der Waals surface area contributed by atoms with E-state index in [2.05, 4.69) is 15.1 Å². The lowest BCUT2D eigenvalue weighted by Crippen LogP contribution is -2.46. The van der Waals surface area contributed by atoms with E-state index in [-0.39, 0.29) is 12.5 Å². The molecule has 18 heavy (non-hydrogen) atoms. The van der Waals surface area contributed by atoms with Gasteiger partial charge in [-0.05, 0) is 13.8 Å². The summed E-state index contributed by atoms with van der Waals surface area (Å²) < 4.78 is 5.36. The van der Waals surface area contributed by atoms with Crippen LogP contribution in [0, 0.1) is 13.8 Å². The minimum atomic E-state index is -0.781. The Morgan fingerprint density at radius 2 is 2.39 bits per heavy atom. The fraction of sp³-hybridized carbons (Fsp3) is 0.667. The van der Waals surface area contributed by atoms with Crippen LogP contribution in [-0.4, -0.2) is 52.0 Å². The summed E-state index contributed by atoms with van der Waals surface area (Å²) in [4.78, 5) is 13.0. The van der Waals surface area contributed by atoms with Crippen molar-refractivity contribution in [3.8, 4) is 0 Å². The quantitative estimate of drug-likeness (QED) is 0.826. The second kappa shape index (κ2) is 5.49. The van der Waals surface area contributed by atoms with Crippen LogP contribution >= 0.6 is 0 Å². The monoisotopic (exact) mass is 253 g/mol. The lowest BCUT2D eigenvalue weighted by molar-refractivity contribution is -0.140. The molecule has 2 heterocycles. The fourth-order valence-corrected chi connectivity index (χ4v) is 2.30. The number of H-pyrrole nitrogens is 1. The van der Waals surface area contributed by atoms with Crippen molar-refractivity contribution in [3.05, 3.63) is 17.0 Å². The fourth-order valence-electron chi connectivity index (χ4n) is 2.30. The molecule has 1 aliphatic rings. The molecule has 1 aromatic heterocycles. The normalized spacial score (nSPS) is 21.1. The van der Waals surface area contributed by atoms with Crippen molar-refractivity contribution in [2.75, 3.05) is 19.8 Å². The van der Waals surface area contributed by atoms with E-state index in [9.17, 15) is 4.79 Å². The first-order chi connectivity index (χ1) is 8.58. The number of carboxylic acid groups (broad SMARTS) is 1. The molecule has 6 heteroatoms. The van der Waals surface area contributed by atoms with Gasteiger partial charge >= 0.3 is 5.97 Å². The van der Waals surface area contributed by atoms with E-state index >= 15 is 0 Å². The highest BCUT2D eigenvalue weighted by Crippen LogP contribution is 2.18. The number of ether oxygens (including phenoxy) is 1. The van der Waals surface area contributed by atoms with Crippen molar-refractivity contribution in [2.45, 2.75) is 32.9 Å². The zero-order valence-corrected chi connectivity index (χ0v) is 10.8. The van der Waals surface area contributed by atoms with Gasteiger partial charge in [0.2, 0.25) is 0 Å². The first-order valence-electron chi connectivity index (χ1n) is 6.12. The van der Waals surface area contributed by atoms with Crippen molar-refractivity contribution >= 4 is 5.97 Å². The van der Waals surface area contributed by atoms with Crippen LogP contribution in [0.5, 0.6) is 0 Å². The summed E-state index contributed by atoms with van der Waals surface area (Å²) in [5, 5.41) is 16.0. The van der Waals surface area contributed by atoms with E-state index in [1.807, 2.05) is 13.8 Å². The van der Waals surface area contributed by atoms with Gasteiger partial charge < -0.3 is 9.84 Å². The molecule has 0 saturated carbocycles. The van der Waals surface area contributed by atoms with Crippen molar-refractivity contribution in [1.29, 1.82) is 0 Å². The summed E-state index contributed by atoms with van der Waals surface area (Å²) in [7, 11) is 0. The highest BCUT2D eigenvalue weighted by atomic mass is 16.5. The zero-order chi connectivity index (χ0) is 13.1. The molecular weight excluding hydrogens is 234 g/mol. The van der Waals surface area contributed by atoms with Gasteiger partial charge in [0.15, 0.2) is 0 Å². The maximum absolute atomic E-state index is 10.8. The Balaban J connectivity index is 2.07. The lowest BCUT2D eigenvalue weighted by Gasteiger charge is -2.34. The molecule has 6 nitrogen and oxygen atoms in total. The highest BCUT2D eigenvalue weighted by molar-refractivity contribution is 5.67. The number of rotatable bonds is 4. The number of aryl methyl sites for hydroxylation is 2. The molecule has 0 aromatic carbocycles. The van der Waals surface area contributed by atoms with Crippen LogP contribution in [0.3, 0.4) is 0 Å². The average molecular weight is 253 g/mol. The average Bonchev–Trinajstić information content (AvgIpc) is 2.62. The van der Waals surface area contributed by atoms with Gasteiger partial charge in [0.05, 0.1) is 25.3 Å². The highest BCUT2D eigenvalue weighted by Gasteiger charge is 2.26. The maximum atomic E-state index is 10.8. The Morgan fingerprint density at radius 3 is 3.00 bits per heavy atom. The van der Waals surface area contributed by atoms with Crippen LogP contribution in [0.2, 0.25) is 0 Å². The topological polar surface area (TPSA) is 78.5 Å². The molecule has 0 radical (unpaired) electrons. The summed E-state index contributed by atoms with van der Waals surface area (Å²) in [5.74, 6) is -0.781. The number of nitrogens with zero attached hydrogens (tertiary/aromatic N) is 2. The smallest absolute Gasteiger partial charge is 0.305 e. The second-order valence-corrected chi connectivity index (χ2v) is 4.71. The number of carbonyl (C=O) groups is 1. The largest absolute Gasteiger partial charge is 0.481 e. The Kier molecular flexibility index (Phi) is 3.98. The van der Waals surface area contributed by atoms with Crippen molar-refractivity contribution in [2.24, 2.45) is 0 Å². The first-order valence-corrected chi connectivity index (χ1v) is 6.12. The predicted octanol–water partition coefficient (Wildman–Crippen LogP) is 0.702. The van der Waals surface area contributed by atoms with E-state index in [1.165, 1.54) is 0 Å². The van der Waals surface area contributed by atoms with Gasteiger partial charge in [-0.2, -0.15) is 5.10 Å². The number of morpholine rings is 1. The molecule has 100 valence electrons. The summed E-state index contributed by atoms with van der Waals surface area (Å²) in [5.41, 5.74) is 3.19. The Morgan fingerprint density at radius 1 is 1.61 bits per heavy atom. The van der Waals surface area contributed by atoms with Crippen molar-refractivity contribution < 1.29 is 14.6 Å². The molecule has 2 N–H and O–H groups in total. The van der Waals surface area contributed by atoms with Crippen molar-refractivity contribution in [1.82, 2.24) is 15.1 Å². The summed E-state index contributed by atoms with van der Waals surface area (Å²) in [6.45, 7) is 6.60. The van der Waals surface area contributed by atoms with Gasteiger partial charge in [-0.3, -0.25) is 14.8 Å². The molecule has 1 aliphatic heterocycles. The minimum absolute atomic E-state index is 0.0510. The van der Waals surface area contributed by atoms with E-state index < -0.39 is 5.97 Å². The van der Waals surface area contributed by atoms with Crippen LogP contribution in [0.1, 0.15) is 23.4 Å². The molecule has 1 atom stereocenters. The third-order valence-corrected chi connectivity index (χ3v) is 3.40. The molecule has 0 amide bonds. The van der Waals surface area contributed by atoms with Crippen LogP contribution in [-0.2, 0) is 16.1 Å². The number of nitrogens with one attached hydrogen (secondary N) is 1. The summed E-state index contributed by atoms with van der Waals surface area (Å²) in [6, 6.07) is -0.0510. The van der Waals surface area contributed by atoms with Crippen LogP contribution < -0.4 is 0 Å². The molecular formula is C12H19N3O3.